The molecule has 2 saturated carbocycles. The summed E-state index contributed by atoms with van der Waals surface area (Å²) in [5, 5.41) is 3.29. The number of hydrogen-bond donors (Lipinski definition) is 1. The second kappa shape index (κ2) is 5.21. The second-order valence-electron chi connectivity index (χ2n) is 7.35. The zero-order valence-corrected chi connectivity index (χ0v) is 12.4. The Balaban J connectivity index is 1.24. The fourth-order valence-corrected chi connectivity index (χ4v) is 4.52. The largest absolute Gasteiger partial charge is 0.335 e. The summed E-state index contributed by atoms with van der Waals surface area (Å²) < 4.78 is 0. The fraction of sp³-hybridized carbons (Fsp3) is 0.938. The van der Waals surface area contributed by atoms with E-state index in [4.69, 9.17) is 0 Å². The van der Waals surface area contributed by atoms with E-state index < -0.39 is 0 Å². The third-order valence-electron chi connectivity index (χ3n) is 5.93. The Morgan fingerprint density at radius 2 is 1.55 bits per heavy atom. The molecule has 0 aromatic rings. The molecular weight excluding hydrogens is 250 g/mol. The number of nitrogens with one attached hydrogen (secondary N) is 1. The van der Waals surface area contributed by atoms with Gasteiger partial charge in [0.1, 0.15) is 0 Å². The maximum atomic E-state index is 12.4. The summed E-state index contributed by atoms with van der Waals surface area (Å²) in [6, 6.07) is 1.51. The molecule has 1 N–H and O–H groups in total. The Hall–Kier alpha value is -0.770. The van der Waals surface area contributed by atoms with Gasteiger partial charge in [0.2, 0.25) is 0 Å². The van der Waals surface area contributed by atoms with Gasteiger partial charge in [-0.1, -0.05) is 6.42 Å². The number of amides is 2. The van der Waals surface area contributed by atoms with Gasteiger partial charge in [0.25, 0.3) is 0 Å². The maximum absolute atomic E-state index is 12.4. The molecule has 2 amide bonds. The van der Waals surface area contributed by atoms with Gasteiger partial charge in [-0.25, -0.2) is 4.79 Å². The summed E-state index contributed by atoms with van der Waals surface area (Å²) in [7, 11) is 0. The van der Waals surface area contributed by atoms with Crippen molar-refractivity contribution in [3.8, 4) is 0 Å². The van der Waals surface area contributed by atoms with Crippen molar-refractivity contribution in [1.29, 1.82) is 0 Å². The average molecular weight is 277 g/mol. The number of nitrogens with zero attached hydrogens (tertiary/aromatic N) is 2. The van der Waals surface area contributed by atoms with Crippen molar-refractivity contribution >= 4 is 6.03 Å². The molecule has 2 heterocycles. The van der Waals surface area contributed by atoms with Crippen LogP contribution in [-0.4, -0.2) is 54.1 Å². The Labute approximate surface area is 121 Å². The summed E-state index contributed by atoms with van der Waals surface area (Å²) in [4.78, 5) is 17.1. The van der Waals surface area contributed by atoms with Crippen LogP contribution >= 0.6 is 0 Å². The van der Waals surface area contributed by atoms with E-state index in [1.165, 1.54) is 45.2 Å². The summed E-state index contributed by atoms with van der Waals surface area (Å²) in [5.74, 6) is 1.61. The third-order valence-corrected chi connectivity index (χ3v) is 5.93. The minimum Gasteiger partial charge on any atom is -0.335 e. The highest BCUT2D eigenvalue weighted by Crippen LogP contribution is 2.37. The molecule has 2 unspecified atom stereocenters. The number of carbonyl (C=O) groups is 1. The zero-order valence-electron chi connectivity index (χ0n) is 12.4. The number of rotatable bonds is 2. The highest BCUT2D eigenvalue weighted by molar-refractivity contribution is 5.75. The SMILES string of the molecule is O=C(NC1CCN(C2CC2)CC1)N1CC2CCCC2C1. The first kappa shape index (κ1) is 12.9. The molecule has 0 aromatic carbocycles. The minimum absolute atomic E-state index is 0.212. The van der Waals surface area contributed by atoms with Gasteiger partial charge in [0, 0.05) is 38.3 Å². The van der Waals surface area contributed by atoms with E-state index >= 15 is 0 Å². The summed E-state index contributed by atoms with van der Waals surface area (Å²) >= 11 is 0. The Morgan fingerprint density at radius 3 is 2.15 bits per heavy atom. The van der Waals surface area contributed by atoms with E-state index in [0.717, 1.165) is 43.8 Å². The predicted molar refractivity (Wildman–Crippen MR) is 78.6 cm³/mol. The molecule has 0 aromatic heterocycles. The van der Waals surface area contributed by atoms with E-state index in [1.54, 1.807) is 0 Å². The van der Waals surface area contributed by atoms with Crippen molar-refractivity contribution in [2.45, 2.75) is 57.0 Å². The van der Waals surface area contributed by atoms with Crippen LogP contribution < -0.4 is 5.32 Å². The van der Waals surface area contributed by atoms with Crippen LogP contribution in [-0.2, 0) is 0 Å². The Morgan fingerprint density at radius 1 is 0.900 bits per heavy atom. The lowest BCUT2D eigenvalue weighted by atomic mass is 10.0. The third kappa shape index (κ3) is 2.54. The van der Waals surface area contributed by atoms with Crippen LogP contribution in [0, 0.1) is 11.8 Å². The standard InChI is InChI=1S/C16H27N3O/c20-16(19-10-12-2-1-3-13(12)11-19)17-14-6-8-18(9-7-14)15-4-5-15/h12-15H,1-11H2,(H,17,20). The van der Waals surface area contributed by atoms with Crippen molar-refractivity contribution in [3.05, 3.63) is 0 Å². The van der Waals surface area contributed by atoms with Crippen LogP contribution in [0.3, 0.4) is 0 Å². The molecule has 4 heteroatoms. The number of likely N-dealkylation sites (tertiary alicyclic amines) is 2. The van der Waals surface area contributed by atoms with Gasteiger partial charge in [0.15, 0.2) is 0 Å². The van der Waals surface area contributed by atoms with Crippen LogP contribution in [0.25, 0.3) is 0 Å². The normalized spacial score (nSPS) is 35.3. The van der Waals surface area contributed by atoms with Gasteiger partial charge < -0.3 is 15.1 Å². The minimum atomic E-state index is 0.212. The van der Waals surface area contributed by atoms with Crippen molar-refractivity contribution in [1.82, 2.24) is 15.1 Å². The smallest absolute Gasteiger partial charge is 0.317 e. The number of hydrogen-bond acceptors (Lipinski definition) is 2. The van der Waals surface area contributed by atoms with Crippen LogP contribution in [0.1, 0.15) is 44.9 Å². The molecule has 4 rings (SSSR count). The van der Waals surface area contributed by atoms with Crippen molar-refractivity contribution < 1.29 is 4.79 Å². The van der Waals surface area contributed by atoms with Crippen molar-refractivity contribution in [2.24, 2.45) is 11.8 Å². The quantitative estimate of drug-likeness (QED) is 0.838. The Bertz CT molecular complexity index is 362. The first-order valence-electron chi connectivity index (χ1n) is 8.59. The molecule has 4 aliphatic rings. The van der Waals surface area contributed by atoms with E-state index in [0.29, 0.717) is 6.04 Å². The molecule has 20 heavy (non-hydrogen) atoms. The molecule has 2 aliphatic heterocycles. The molecule has 0 bridgehead atoms. The maximum Gasteiger partial charge on any atom is 0.317 e. The predicted octanol–water partition coefficient (Wildman–Crippen LogP) is 2.05. The lowest BCUT2D eigenvalue weighted by Crippen LogP contribution is -2.49. The number of piperidine rings is 1. The van der Waals surface area contributed by atoms with Crippen LogP contribution in [0.4, 0.5) is 4.79 Å². The summed E-state index contributed by atoms with van der Waals surface area (Å²) in [6.07, 6.45) is 9.14. The topological polar surface area (TPSA) is 35.6 Å². The molecule has 0 radical (unpaired) electrons. The lowest BCUT2D eigenvalue weighted by Gasteiger charge is -2.33. The summed E-state index contributed by atoms with van der Waals surface area (Å²) in [5.41, 5.74) is 0. The molecular formula is C16H27N3O. The number of urea groups is 1. The first-order chi connectivity index (χ1) is 9.79. The fourth-order valence-electron chi connectivity index (χ4n) is 4.52. The number of carbonyl (C=O) groups excluding carboxylic acids is 1. The van der Waals surface area contributed by atoms with Gasteiger partial charge in [-0.15, -0.1) is 0 Å². The Kier molecular flexibility index (Phi) is 3.37. The van der Waals surface area contributed by atoms with Gasteiger partial charge in [0.05, 0.1) is 0 Å². The molecule has 0 spiro atoms. The van der Waals surface area contributed by atoms with E-state index in [1.807, 2.05) is 0 Å². The molecule has 4 nitrogen and oxygen atoms in total. The van der Waals surface area contributed by atoms with E-state index in [9.17, 15) is 4.79 Å². The van der Waals surface area contributed by atoms with Gasteiger partial charge in [-0.2, -0.15) is 0 Å². The van der Waals surface area contributed by atoms with Crippen molar-refractivity contribution in [2.75, 3.05) is 26.2 Å². The van der Waals surface area contributed by atoms with Gasteiger partial charge >= 0.3 is 6.03 Å². The van der Waals surface area contributed by atoms with Gasteiger partial charge in [-0.3, -0.25) is 0 Å². The van der Waals surface area contributed by atoms with Crippen molar-refractivity contribution in [3.63, 3.8) is 0 Å². The summed E-state index contributed by atoms with van der Waals surface area (Å²) in [6.45, 7) is 4.39. The lowest BCUT2D eigenvalue weighted by molar-refractivity contribution is 0.172. The highest BCUT2D eigenvalue weighted by atomic mass is 16.2. The molecule has 4 fully saturated rings. The van der Waals surface area contributed by atoms with E-state index in [2.05, 4.69) is 15.1 Å². The van der Waals surface area contributed by atoms with E-state index in [-0.39, 0.29) is 6.03 Å². The van der Waals surface area contributed by atoms with Crippen LogP contribution in [0.2, 0.25) is 0 Å². The first-order valence-corrected chi connectivity index (χ1v) is 8.59. The second-order valence-corrected chi connectivity index (χ2v) is 7.35. The van der Waals surface area contributed by atoms with Gasteiger partial charge in [-0.05, 0) is 50.4 Å². The number of fused-ring (bicyclic) bond motifs is 1. The molecule has 2 saturated heterocycles. The molecule has 112 valence electrons. The van der Waals surface area contributed by atoms with Crippen LogP contribution in [0.15, 0.2) is 0 Å². The zero-order chi connectivity index (χ0) is 13.5. The highest BCUT2D eigenvalue weighted by Gasteiger charge is 2.39. The monoisotopic (exact) mass is 277 g/mol. The average Bonchev–Trinajstić information content (AvgIpc) is 3.07. The molecule has 2 atom stereocenters. The molecule has 2 aliphatic carbocycles. The van der Waals surface area contributed by atoms with Crippen LogP contribution in [0.5, 0.6) is 0 Å².